The number of hydrogen-bond acceptors (Lipinski definition) is 3. The highest BCUT2D eigenvalue weighted by atomic mass is 79.9. The van der Waals surface area contributed by atoms with Crippen LogP contribution in [-0.2, 0) is 6.42 Å². The van der Waals surface area contributed by atoms with Gasteiger partial charge in [0, 0.05) is 21.3 Å². The van der Waals surface area contributed by atoms with Crippen LogP contribution in [0.4, 0.5) is 15.8 Å². The molecule has 17 heavy (non-hydrogen) atoms. The number of rotatable bonds is 4. The van der Waals surface area contributed by atoms with Crippen LogP contribution < -0.4 is 11.1 Å². The summed E-state index contributed by atoms with van der Waals surface area (Å²) in [7, 11) is 0. The van der Waals surface area contributed by atoms with Crippen LogP contribution in [0, 0.1) is 5.82 Å². The molecule has 0 bridgehead atoms. The minimum Gasteiger partial charge on any atom is -0.395 e. The molecule has 0 aliphatic rings. The summed E-state index contributed by atoms with van der Waals surface area (Å²) >= 11 is 5.11. The van der Waals surface area contributed by atoms with Gasteiger partial charge >= 0.3 is 0 Å². The molecule has 1 heterocycles. The first kappa shape index (κ1) is 12.4. The summed E-state index contributed by atoms with van der Waals surface area (Å²) in [6, 6.07) is 6.87. The van der Waals surface area contributed by atoms with Gasteiger partial charge in [0.25, 0.3) is 0 Å². The molecule has 0 saturated heterocycles. The molecule has 1 aromatic heterocycles. The Morgan fingerprint density at radius 3 is 2.94 bits per heavy atom. The number of halogens is 2. The van der Waals surface area contributed by atoms with E-state index in [9.17, 15) is 4.39 Å². The summed E-state index contributed by atoms with van der Waals surface area (Å²) in [5.41, 5.74) is 6.46. The number of para-hydroxylation sites is 1. The molecular formula is C12H12BrFN2S. The van der Waals surface area contributed by atoms with Gasteiger partial charge < -0.3 is 11.1 Å². The third-order valence-corrected chi connectivity index (χ3v) is 4.12. The average Bonchev–Trinajstić information content (AvgIpc) is 2.70. The number of nitrogens with one attached hydrogen (secondary N) is 1. The molecule has 0 atom stereocenters. The largest absolute Gasteiger partial charge is 0.395 e. The van der Waals surface area contributed by atoms with Gasteiger partial charge in [-0.15, -0.1) is 11.3 Å². The summed E-state index contributed by atoms with van der Waals surface area (Å²) in [6.07, 6.45) is 0.895. The van der Waals surface area contributed by atoms with Crippen molar-refractivity contribution in [1.29, 1.82) is 0 Å². The van der Waals surface area contributed by atoms with E-state index in [0.29, 0.717) is 5.69 Å². The van der Waals surface area contributed by atoms with Gasteiger partial charge in [-0.25, -0.2) is 4.39 Å². The van der Waals surface area contributed by atoms with Crippen LogP contribution in [-0.4, -0.2) is 6.54 Å². The highest BCUT2D eigenvalue weighted by Crippen LogP contribution is 2.22. The molecule has 90 valence electrons. The summed E-state index contributed by atoms with van der Waals surface area (Å²) in [4.78, 5) is 1.28. The predicted molar refractivity (Wildman–Crippen MR) is 75.0 cm³/mol. The van der Waals surface area contributed by atoms with Crippen LogP contribution >= 0.6 is 27.3 Å². The number of nitrogens with two attached hydrogens (primary N) is 1. The molecular weight excluding hydrogens is 303 g/mol. The Balaban J connectivity index is 1.92. The first-order valence-electron chi connectivity index (χ1n) is 5.17. The zero-order valence-corrected chi connectivity index (χ0v) is 11.4. The fourth-order valence-electron chi connectivity index (χ4n) is 1.50. The van der Waals surface area contributed by atoms with Gasteiger partial charge in [-0.1, -0.05) is 6.07 Å². The quantitative estimate of drug-likeness (QED) is 0.840. The van der Waals surface area contributed by atoms with Crippen LogP contribution in [0.3, 0.4) is 0 Å². The van der Waals surface area contributed by atoms with Gasteiger partial charge in [-0.2, -0.15) is 0 Å². The molecule has 5 heteroatoms. The summed E-state index contributed by atoms with van der Waals surface area (Å²) in [6.45, 7) is 0.737. The standard InChI is InChI=1S/C12H12BrFN2S/c13-8-6-9(17-7-8)4-5-16-11-3-1-2-10(14)12(11)15/h1-3,6-7,16H,4-5,15H2. The van der Waals surface area contributed by atoms with Gasteiger partial charge in [0.2, 0.25) is 0 Å². The molecule has 0 radical (unpaired) electrons. The molecule has 3 N–H and O–H groups in total. The molecule has 2 nitrogen and oxygen atoms in total. The van der Waals surface area contributed by atoms with Crippen LogP contribution in [0.15, 0.2) is 34.1 Å². The fraction of sp³-hybridized carbons (Fsp3) is 0.167. The van der Waals surface area contributed by atoms with Crippen molar-refractivity contribution in [2.45, 2.75) is 6.42 Å². The second-order valence-electron chi connectivity index (χ2n) is 3.61. The Hall–Kier alpha value is -1.07. The Bertz CT molecular complexity index is 513. The first-order valence-corrected chi connectivity index (χ1v) is 6.85. The minimum atomic E-state index is -0.381. The number of anilines is 2. The van der Waals surface area contributed by atoms with E-state index >= 15 is 0 Å². The zero-order valence-electron chi connectivity index (χ0n) is 9.04. The molecule has 0 aliphatic carbocycles. The van der Waals surface area contributed by atoms with Crippen molar-refractivity contribution < 1.29 is 4.39 Å². The molecule has 2 aromatic rings. The Morgan fingerprint density at radius 2 is 2.24 bits per heavy atom. The number of nitrogen functional groups attached to an aromatic ring is 1. The second-order valence-corrected chi connectivity index (χ2v) is 5.52. The van der Waals surface area contributed by atoms with Gasteiger partial charge in [-0.05, 0) is 40.5 Å². The minimum absolute atomic E-state index is 0.180. The van der Waals surface area contributed by atoms with E-state index in [4.69, 9.17) is 5.73 Å². The maximum absolute atomic E-state index is 13.2. The van der Waals surface area contributed by atoms with Crippen LogP contribution in [0.5, 0.6) is 0 Å². The van der Waals surface area contributed by atoms with Crippen molar-refractivity contribution in [3.8, 4) is 0 Å². The highest BCUT2D eigenvalue weighted by Gasteiger charge is 2.03. The maximum atomic E-state index is 13.2. The number of benzene rings is 1. The van der Waals surface area contributed by atoms with Crippen molar-refractivity contribution in [2.75, 3.05) is 17.6 Å². The number of hydrogen-bond donors (Lipinski definition) is 2. The van der Waals surface area contributed by atoms with E-state index < -0.39 is 0 Å². The lowest BCUT2D eigenvalue weighted by Crippen LogP contribution is -2.07. The molecule has 0 spiro atoms. The molecule has 0 unspecified atom stereocenters. The van der Waals surface area contributed by atoms with E-state index in [1.54, 1.807) is 23.5 Å². The van der Waals surface area contributed by atoms with Crippen LogP contribution in [0.25, 0.3) is 0 Å². The monoisotopic (exact) mass is 314 g/mol. The predicted octanol–water partition coefficient (Wildman–Crippen LogP) is 3.89. The third kappa shape index (κ3) is 3.20. The van der Waals surface area contributed by atoms with Crippen molar-refractivity contribution in [1.82, 2.24) is 0 Å². The normalized spacial score (nSPS) is 10.5. The van der Waals surface area contributed by atoms with Gasteiger partial charge in [0.15, 0.2) is 0 Å². The lowest BCUT2D eigenvalue weighted by molar-refractivity contribution is 0.633. The second kappa shape index (κ2) is 5.51. The maximum Gasteiger partial charge on any atom is 0.148 e. The van der Waals surface area contributed by atoms with Crippen molar-refractivity contribution >= 4 is 38.6 Å². The first-order chi connectivity index (χ1) is 8.16. The van der Waals surface area contributed by atoms with E-state index in [1.807, 2.05) is 5.38 Å². The van der Waals surface area contributed by atoms with Crippen molar-refractivity contribution in [3.63, 3.8) is 0 Å². The molecule has 0 saturated carbocycles. The molecule has 0 aliphatic heterocycles. The van der Waals surface area contributed by atoms with Crippen molar-refractivity contribution in [3.05, 3.63) is 44.8 Å². The molecule has 0 fully saturated rings. The van der Waals surface area contributed by atoms with Crippen LogP contribution in [0.2, 0.25) is 0 Å². The van der Waals surface area contributed by atoms with Crippen molar-refractivity contribution in [2.24, 2.45) is 0 Å². The zero-order chi connectivity index (χ0) is 12.3. The number of thiophene rings is 1. The fourth-order valence-corrected chi connectivity index (χ4v) is 2.95. The van der Waals surface area contributed by atoms with Gasteiger partial charge in [0.05, 0.1) is 11.4 Å². The molecule has 1 aromatic carbocycles. The third-order valence-electron chi connectivity index (χ3n) is 2.36. The Morgan fingerprint density at radius 1 is 1.41 bits per heavy atom. The smallest absolute Gasteiger partial charge is 0.148 e. The topological polar surface area (TPSA) is 38.0 Å². The van der Waals surface area contributed by atoms with E-state index in [1.165, 1.54) is 10.9 Å². The lowest BCUT2D eigenvalue weighted by atomic mass is 10.2. The Kier molecular flexibility index (Phi) is 4.02. The molecule has 0 amide bonds. The molecule has 2 rings (SSSR count). The summed E-state index contributed by atoms with van der Waals surface area (Å²) in [5.74, 6) is -0.381. The van der Waals surface area contributed by atoms with Crippen LogP contribution in [0.1, 0.15) is 4.88 Å². The van der Waals surface area contributed by atoms with E-state index in [-0.39, 0.29) is 11.5 Å². The van der Waals surface area contributed by atoms with E-state index in [2.05, 4.69) is 27.3 Å². The SMILES string of the molecule is Nc1c(F)cccc1NCCc1cc(Br)cs1. The van der Waals surface area contributed by atoms with Gasteiger partial charge in [-0.3, -0.25) is 0 Å². The summed E-state index contributed by atoms with van der Waals surface area (Å²) in [5, 5.41) is 5.19. The average molecular weight is 315 g/mol. The van der Waals surface area contributed by atoms with E-state index in [0.717, 1.165) is 17.4 Å². The summed E-state index contributed by atoms with van der Waals surface area (Å²) < 4.78 is 14.3. The lowest BCUT2D eigenvalue weighted by Gasteiger charge is -2.08. The highest BCUT2D eigenvalue weighted by molar-refractivity contribution is 9.10. The van der Waals surface area contributed by atoms with Gasteiger partial charge in [0.1, 0.15) is 5.82 Å². The Labute approximate surface area is 112 Å².